The smallest absolute Gasteiger partial charge is 0.244 e. The summed E-state index contributed by atoms with van der Waals surface area (Å²) < 4.78 is 32.2. The van der Waals surface area contributed by atoms with E-state index in [1.807, 2.05) is 6.92 Å². The van der Waals surface area contributed by atoms with Gasteiger partial charge in [0.05, 0.1) is 13.7 Å². The molecule has 4 N–H and O–H groups in total. The van der Waals surface area contributed by atoms with Crippen molar-refractivity contribution >= 4 is 37.5 Å². The summed E-state index contributed by atoms with van der Waals surface area (Å²) in [5.41, 5.74) is 5.94. The summed E-state index contributed by atoms with van der Waals surface area (Å²) in [7, 11) is -2.55. The number of ether oxygens (including phenoxy) is 1. The monoisotopic (exact) mass is 379 g/mol. The maximum Gasteiger partial charge on any atom is 0.244 e. The molecule has 0 heterocycles. The first-order valence-electron chi connectivity index (χ1n) is 6.21. The van der Waals surface area contributed by atoms with Crippen LogP contribution in [0.25, 0.3) is 0 Å². The van der Waals surface area contributed by atoms with Crippen molar-refractivity contribution in [2.24, 2.45) is 0 Å². The van der Waals surface area contributed by atoms with Gasteiger partial charge in [0.2, 0.25) is 15.9 Å². The molecule has 0 aromatic heterocycles. The molecule has 0 fully saturated rings. The molecular formula is C12H18BrN3O4S. The molecule has 118 valence electrons. The zero-order valence-corrected chi connectivity index (χ0v) is 14.2. The van der Waals surface area contributed by atoms with Gasteiger partial charge in [-0.2, -0.15) is 0 Å². The molecule has 0 aliphatic carbocycles. The largest absolute Gasteiger partial charge is 0.495 e. The van der Waals surface area contributed by atoms with Crippen molar-refractivity contribution in [1.82, 2.24) is 10.0 Å². The second-order valence-corrected chi connectivity index (χ2v) is 6.79. The van der Waals surface area contributed by atoms with Crippen molar-refractivity contribution in [2.75, 3.05) is 25.9 Å². The number of halogens is 1. The summed E-state index contributed by atoms with van der Waals surface area (Å²) in [6.45, 7) is 2.05. The number of methoxy groups -OCH3 is 1. The van der Waals surface area contributed by atoms with Gasteiger partial charge in [-0.1, -0.05) is 6.92 Å². The maximum atomic E-state index is 12.2. The minimum absolute atomic E-state index is 0.117. The van der Waals surface area contributed by atoms with E-state index in [9.17, 15) is 13.2 Å². The first-order chi connectivity index (χ1) is 9.81. The van der Waals surface area contributed by atoms with Crippen molar-refractivity contribution in [3.63, 3.8) is 0 Å². The minimum Gasteiger partial charge on any atom is -0.495 e. The molecule has 1 amide bonds. The summed E-state index contributed by atoms with van der Waals surface area (Å²) in [5, 5.41) is 2.58. The Morgan fingerprint density at radius 2 is 2.10 bits per heavy atom. The molecule has 0 spiro atoms. The van der Waals surface area contributed by atoms with Crippen LogP contribution in [0.2, 0.25) is 0 Å². The van der Waals surface area contributed by atoms with E-state index in [4.69, 9.17) is 10.5 Å². The lowest BCUT2D eigenvalue weighted by Crippen LogP contribution is -2.37. The van der Waals surface area contributed by atoms with Gasteiger partial charge in [-0.15, -0.1) is 0 Å². The summed E-state index contributed by atoms with van der Waals surface area (Å²) in [5.74, 6) is -0.262. The van der Waals surface area contributed by atoms with E-state index in [-0.39, 0.29) is 22.9 Å². The highest BCUT2D eigenvalue weighted by Gasteiger charge is 2.21. The number of benzene rings is 1. The van der Waals surface area contributed by atoms with Crippen molar-refractivity contribution in [3.05, 3.63) is 16.6 Å². The lowest BCUT2D eigenvalue weighted by Gasteiger charge is -2.12. The van der Waals surface area contributed by atoms with Crippen LogP contribution in [0.3, 0.4) is 0 Å². The van der Waals surface area contributed by atoms with Crippen LogP contribution in [0.5, 0.6) is 5.75 Å². The molecule has 21 heavy (non-hydrogen) atoms. The molecule has 0 saturated carbocycles. The van der Waals surface area contributed by atoms with Crippen LogP contribution in [-0.2, 0) is 14.8 Å². The van der Waals surface area contributed by atoms with Crippen LogP contribution in [0.4, 0.5) is 5.69 Å². The SMILES string of the molecule is CCCNC(=O)CNS(=O)(=O)c1cc(N)c(Br)cc1OC. The molecule has 0 radical (unpaired) electrons. The van der Waals surface area contributed by atoms with Crippen molar-refractivity contribution in [3.8, 4) is 5.75 Å². The highest BCUT2D eigenvalue weighted by molar-refractivity contribution is 9.10. The zero-order chi connectivity index (χ0) is 16.0. The van der Waals surface area contributed by atoms with Gasteiger partial charge in [-0.05, 0) is 34.5 Å². The second kappa shape index (κ2) is 7.62. The van der Waals surface area contributed by atoms with Crippen LogP contribution in [-0.4, -0.2) is 34.5 Å². The minimum atomic E-state index is -3.90. The lowest BCUT2D eigenvalue weighted by atomic mass is 10.3. The van der Waals surface area contributed by atoms with E-state index < -0.39 is 15.9 Å². The van der Waals surface area contributed by atoms with Gasteiger partial charge in [-0.25, -0.2) is 13.1 Å². The normalized spacial score (nSPS) is 11.2. The number of hydrogen-bond donors (Lipinski definition) is 3. The van der Waals surface area contributed by atoms with Crippen LogP contribution < -0.4 is 20.5 Å². The van der Waals surface area contributed by atoms with E-state index in [0.29, 0.717) is 11.0 Å². The molecule has 0 aliphatic rings. The van der Waals surface area contributed by atoms with Gasteiger partial charge in [0.15, 0.2) is 0 Å². The highest BCUT2D eigenvalue weighted by Crippen LogP contribution is 2.32. The number of nitrogen functional groups attached to an aromatic ring is 1. The van der Waals surface area contributed by atoms with E-state index >= 15 is 0 Å². The number of amides is 1. The Bertz CT molecular complexity index is 619. The number of nitrogens with one attached hydrogen (secondary N) is 2. The molecule has 9 heteroatoms. The quantitative estimate of drug-likeness (QED) is 0.608. The van der Waals surface area contributed by atoms with Gasteiger partial charge in [0, 0.05) is 16.7 Å². The number of carbonyl (C=O) groups is 1. The molecule has 0 aliphatic heterocycles. The molecule has 0 atom stereocenters. The predicted octanol–water partition coefficient (Wildman–Crippen LogP) is 0.844. The Balaban J connectivity index is 2.93. The predicted molar refractivity (Wildman–Crippen MR) is 83.6 cm³/mol. The summed E-state index contributed by atoms with van der Waals surface area (Å²) >= 11 is 3.19. The first-order valence-corrected chi connectivity index (χ1v) is 8.48. The highest BCUT2D eigenvalue weighted by atomic mass is 79.9. The Kier molecular flexibility index (Phi) is 6.43. The molecule has 1 aromatic carbocycles. The molecule has 1 aromatic rings. The Morgan fingerprint density at radius 3 is 2.67 bits per heavy atom. The fourth-order valence-corrected chi connectivity index (χ4v) is 2.97. The fraction of sp³-hybridized carbons (Fsp3) is 0.417. The maximum absolute atomic E-state index is 12.2. The summed E-state index contributed by atoms with van der Waals surface area (Å²) in [6.07, 6.45) is 0.773. The standard InChI is InChI=1S/C12H18BrN3O4S/c1-3-4-15-12(17)7-16-21(18,19)11-6-9(14)8(13)5-10(11)20-2/h5-6,16H,3-4,7,14H2,1-2H3,(H,15,17). The van der Waals surface area contributed by atoms with Crippen LogP contribution in [0, 0.1) is 0 Å². The van der Waals surface area contributed by atoms with Gasteiger partial charge in [0.1, 0.15) is 10.6 Å². The fourth-order valence-electron chi connectivity index (χ4n) is 1.49. The summed E-state index contributed by atoms with van der Waals surface area (Å²) in [6, 6.07) is 2.73. The Labute approximate surface area is 132 Å². The number of anilines is 1. The summed E-state index contributed by atoms with van der Waals surface area (Å²) in [4.78, 5) is 11.3. The number of hydrogen-bond acceptors (Lipinski definition) is 5. The second-order valence-electron chi connectivity index (χ2n) is 4.20. The third kappa shape index (κ3) is 4.87. The molecule has 0 bridgehead atoms. The zero-order valence-electron chi connectivity index (χ0n) is 11.8. The van der Waals surface area contributed by atoms with Gasteiger partial charge >= 0.3 is 0 Å². The molecule has 0 saturated heterocycles. The average Bonchev–Trinajstić information content (AvgIpc) is 2.45. The molecule has 0 unspecified atom stereocenters. The van der Waals surface area contributed by atoms with Crippen LogP contribution in [0.1, 0.15) is 13.3 Å². The van der Waals surface area contributed by atoms with Crippen LogP contribution in [0.15, 0.2) is 21.5 Å². The Hall–Kier alpha value is -1.32. The van der Waals surface area contributed by atoms with E-state index in [0.717, 1.165) is 6.42 Å². The topological polar surface area (TPSA) is 111 Å². The van der Waals surface area contributed by atoms with E-state index in [1.54, 1.807) is 0 Å². The molecule has 7 nitrogen and oxygen atoms in total. The number of rotatable bonds is 7. The first kappa shape index (κ1) is 17.7. The lowest BCUT2D eigenvalue weighted by molar-refractivity contribution is -0.119. The van der Waals surface area contributed by atoms with Crippen molar-refractivity contribution in [1.29, 1.82) is 0 Å². The van der Waals surface area contributed by atoms with Crippen molar-refractivity contribution in [2.45, 2.75) is 18.2 Å². The van der Waals surface area contributed by atoms with Gasteiger partial charge in [-0.3, -0.25) is 4.79 Å². The average molecular weight is 380 g/mol. The van der Waals surface area contributed by atoms with E-state index in [1.165, 1.54) is 19.2 Å². The third-order valence-corrected chi connectivity index (χ3v) is 4.68. The third-order valence-electron chi connectivity index (χ3n) is 2.57. The molecule has 1 rings (SSSR count). The Morgan fingerprint density at radius 1 is 1.43 bits per heavy atom. The van der Waals surface area contributed by atoms with Gasteiger partial charge in [0.25, 0.3) is 0 Å². The number of sulfonamides is 1. The number of nitrogens with two attached hydrogens (primary N) is 1. The van der Waals surface area contributed by atoms with E-state index in [2.05, 4.69) is 26.0 Å². The molecular weight excluding hydrogens is 362 g/mol. The van der Waals surface area contributed by atoms with Crippen LogP contribution >= 0.6 is 15.9 Å². The number of carbonyl (C=O) groups excluding carboxylic acids is 1. The van der Waals surface area contributed by atoms with Gasteiger partial charge < -0.3 is 15.8 Å². The van der Waals surface area contributed by atoms with Crippen molar-refractivity contribution < 1.29 is 17.9 Å².